The van der Waals surface area contributed by atoms with Crippen molar-refractivity contribution in [3.05, 3.63) is 12.7 Å². The third-order valence-corrected chi connectivity index (χ3v) is 19.1. The summed E-state index contributed by atoms with van der Waals surface area (Å²) in [7, 11) is -4.13. The third kappa shape index (κ3) is 5.29. The Kier molecular flexibility index (Phi) is 8.19. The molecular formula is C26H49N5O3Si2. The van der Waals surface area contributed by atoms with Crippen molar-refractivity contribution < 1.29 is 13.6 Å². The molecule has 0 amide bonds. The van der Waals surface area contributed by atoms with Gasteiger partial charge in [0, 0.05) is 6.42 Å². The molecule has 8 nitrogen and oxygen atoms in total. The molecule has 0 unspecified atom stereocenters. The lowest BCUT2D eigenvalue weighted by molar-refractivity contribution is -0.0390. The second-order valence-corrected chi connectivity index (χ2v) is 22.3. The molecular weight excluding hydrogens is 486 g/mol. The highest BCUT2D eigenvalue weighted by Gasteiger charge is 2.50. The highest BCUT2D eigenvalue weighted by molar-refractivity contribution is 6.74. The second kappa shape index (κ2) is 10.1. The van der Waals surface area contributed by atoms with Crippen LogP contribution in [0.5, 0.6) is 0 Å². The van der Waals surface area contributed by atoms with Gasteiger partial charge >= 0.3 is 0 Å². The maximum absolute atomic E-state index is 7.06. The first-order chi connectivity index (χ1) is 16.4. The molecule has 2 N–H and O–H groups in total. The third-order valence-electron chi connectivity index (χ3n) is 9.92. The predicted molar refractivity (Wildman–Crippen MR) is 152 cm³/mol. The maximum Gasteiger partial charge on any atom is 0.193 e. The summed E-state index contributed by atoms with van der Waals surface area (Å²) in [6, 6.07) is 0. The minimum atomic E-state index is -2.10. The Morgan fingerprint density at radius 2 is 1.58 bits per heavy atom. The van der Waals surface area contributed by atoms with Crippen molar-refractivity contribution in [1.29, 1.82) is 0 Å². The van der Waals surface area contributed by atoms with Crippen LogP contribution in [0.2, 0.25) is 36.3 Å². The number of ether oxygens (including phenoxy) is 1. The molecule has 1 saturated heterocycles. The van der Waals surface area contributed by atoms with Crippen LogP contribution in [0.3, 0.4) is 0 Å². The average molecular weight is 536 g/mol. The highest BCUT2D eigenvalue weighted by Crippen LogP contribution is 2.48. The van der Waals surface area contributed by atoms with Crippen LogP contribution in [0.15, 0.2) is 12.7 Å². The largest absolute Gasteiger partial charge is 0.414 e. The zero-order valence-corrected chi connectivity index (χ0v) is 26.5. The molecule has 0 bridgehead atoms. The minimum absolute atomic E-state index is 0.0710. The minimum Gasteiger partial charge on any atom is -0.414 e. The summed E-state index contributed by atoms with van der Waals surface area (Å²) in [6.07, 6.45) is 3.45. The highest BCUT2D eigenvalue weighted by atomic mass is 28.4. The first-order valence-corrected chi connectivity index (χ1v) is 19.1. The first kappa shape index (κ1) is 29.2. The zero-order chi connectivity index (χ0) is 27.3. The quantitative estimate of drug-likeness (QED) is 0.352. The van der Waals surface area contributed by atoms with Gasteiger partial charge in [0.2, 0.25) is 0 Å². The van der Waals surface area contributed by atoms with E-state index in [0.29, 0.717) is 41.8 Å². The van der Waals surface area contributed by atoms with Gasteiger partial charge in [-0.25, -0.2) is 15.0 Å². The van der Waals surface area contributed by atoms with Crippen molar-refractivity contribution in [2.24, 2.45) is 11.8 Å². The fraction of sp³-hybridized carbons (Fsp3) is 0.808. The summed E-state index contributed by atoms with van der Waals surface area (Å²) in [5, 5.41) is 0.234. The molecule has 2 aromatic heterocycles. The molecule has 3 atom stereocenters. The van der Waals surface area contributed by atoms with E-state index in [-0.39, 0.29) is 28.5 Å². The van der Waals surface area contributed by atoms with Gasteiger partial charge in [-0.05, 0) is 48.1 Å². The van der Waals surface area contributed by atoms with Crippen LogP contribution < -0.4 is 5.73 Å². The lowest BCUT2D eigenvalue weighted by Crippen LogP contribution is -2.51. The van der Waals surface area contributed by atoms with E-state index in [1.165, 1.54) is 6.33 Å². The number of nitrogen functional groups attached to an aromatic ring is 1. The molecule has 3 rings (SSSR count). The molecule has 0 saturated carbocycles. The van der Waals surface area contributed by atoms with Gasteiger partial charge < -0.3 is 19.3 Å². The molecule has 1 fully saturated rings. The maximum atomic E-state index is 7.06. The standard InChI is InChI=1S/C26H49N5O3Si2/c1-17(2)25(5,6)35(9,10)32-14-20-19(34-36(11,12)26(7,8)18(3)4)13-21(33-20)31-16-30-22-23(27)28-15-29-24(22)31/h15-21H,13-14H2,1-12H3,(H2,27,28,29)/t19-,20+,21+/m0/s1. The summed E-state index contributed by atoms with van der Waals surface area (Å²) >= 11 is 0. The number of rotatable bonds is 10. The lowest BCUT2D eigenvalue weighted by atomic mass is 9.99. The molecule has 1 aliphatic heterocycles. The Morgan fingerprint density at radius 3 is 2.17 bits per heavy atom. The monoisotopic (exact) mass is 535 g/mol. The number of hydrogen-bond donors (Lipinski definition) is 1. The van der Waals surface area contributed by atoms with Crippen LogP contribution in [0, 0.1) is 11.8 Å². The van der Waals surface area contributed by atoms with Gasteiger partial charge in [-0.3, -0.25) is 4.57 Å². The molecule has 0 radical (unpaired) electrons. The van der Waals surface area contributed by atoms with E-state index in [4.69, 9.17) is 19.3 Å². The fourth-order valence-electron chi connectivity index (χ4n) is 4.62. The van der Waals surface area contributed by atoms with Crippen LogP contribution in [-0.4, -0.2) is 55.0 Å². The molecule has 0 spiro atoms. The number of nitrogens with two attached hydrogens (primary N) is 1. The van der Waals surface area contributed by atoms with Crippen LogP contribution in [0.4, 0.5) is 5.82 Å². The van der Waals surface area contributed by atoms with Crippen molar-refractivity contribution in [1.82, 2.24) is 19.5 Å². The molecule has 0 aromatic carbocycles. The number of hydrogen-bond acceptors (Lipinski definition) is 7. The summed E-state index contributed by atoms with van der Waals surface area (Å²) in [5.41, 5.74) is 7.32. The normalized spacial score (nSPS) is 22.3. The number of imidazole rings is 1. The molecule has 1 aliphatic rings. The van der Waals surface area contributed by atoms with Gasteiger partial charge in [0.05, 0.1) is 19.0 Å². The molecule has 0 aliphatic carbocycles. The van der Waals surface area contributed by atoms with Gasteiger partial charge in [0.1, 0.15) is 24.2 Å². The second-order valence-electron chi connectivity index (χ2n) is 13.2. The van der Waals surface area contributed by atoms with E-state index >= 15 is 0 Å². The number of anilines is 1. The Morgan fingerprint density at radius 1 is 1.00 bits per heavy atom. The van der Waals surface area contributed by atoms with Crippen molar-refractivity contribution in [2.45, 2.75) is 117 Å². The predicted octanol–water partition coefficient (Wildman–Crippen LogP) is 6.38. The zero-order valence-electron chi connectivity index (χ0n) is 24.5. The summed E-state index contributed by atoms with van der Waals surface area (Å²) in [6.45, 7) is 28.3. The lowest BCUT2D eigenvalue weighted by Gasteiger charge is -2.45. The van der Waals surface area contributed by atoms with Gasteiger partial charge in [-0.1, -0.05) is 55.4 Å². The SMILES string of the molecule is CC(C)C(C)(C)[Si](C)(C)OC[C@H]1O[C@@H](n2cnc3c(N)ncnc32)C[C@@H]1O[Si](C)(C)C(C)(C)C(C)C. The molecule has 36 heavy (non-hydrogen) atoms. The van der Waals surface area contributed by atoms with Crippen molar-refractivity contribution >= 4 is 33.6 Å². The number of fused-ring (bicyclic) bond motifs is 1. The smallest absolute Gasteiger partial charge is 0.193 e. The van der Waals surface area contributed by atoms with Crippen LogP contribution in [0.25, 0.3) is 11.2 Å². The molecule has 2 aromatic rings. The van der Waals surface area contributed by atoms with Crippen molar-refractivity contribution in [2.75, 3.05) is 12.3 Å². The van der Waals surface area contributed by atoms with Gasteiger partial charge in [-0.2, -0.15) is 0 Å². The van der Waals surface area contributed by atoms with Gasteiger partial charge in [0.25, 0.3) is 0 Å². The Labute approximate surface area is 220 Å². The molecule has 10 heteroatoms. The number of aromatic nitrogens is 4. The van der Waals surface area contributed by atoms with E-state index < -0.39 is 16.6 Å². The van der Waals surface area contributed by atoms with Crippen LogP contribution in [0.1, 0.15) is 68.0 Å². The number of nitrogens with zero attached hydrogens (tertiary/aromatic N) is 4. The van der Waals surface area contributed by atoms with Crippen LogP contribution >= 0.6 is 0 Å². The Hall–Kier alpha value is -1.34. The van der Waals surface area contributed by atoms with E-state index in [0.717, 1.165) is 0 Å². The topological polar surface area (TPSA) is 97.3 Å². The average Bonchev–Trinajstić information content (AvgIpc) is 3.36. The fourth-order valence-corrected chi connectivity index (χ4v) is 9.67. The summed E-state index contributed by atoms with van der Waals surface area (Å²) in [5.74, 6) is 1.42. The van der Waals surface area contributed by atoms with E-state index in [1.807, 2.05) is 4.57 Å². The Balaban J connectivity index is 1.90. The summed E-state index contributed by atoms with van der Waals surface area (Å²) in [4.78, 5) is 13.0. The Bertz CT molecular complexity index is 1050. The molecule has 3 heterocycles. The van der Waals surface area contributed by atoms with E-state index in [1.54, 1.807) is 6.33 Å². The van der Waals surface area contributed by atoms with Crippen molar-refractivity contribution in [3.63, 3.8) is 0 Å². The van der Waals surface area contributed by atoms with Gasteiger partial charge in [-0.15, -0.1) is 0 Å². The first-order valence-electron chi connectivity index (χ1n) is 13.3. The van der Waals surface area contributed by atoms with E-state index in [2.05, 4.69) is 96.5 Å². The van der Waals surface area contributed by atoms with Gasteiger partial charge in [0.15, 0.2) is 28.1 Å². The molecule has 204 valence electrons. The van der Waals surface area contributed by atoms with E-state index in [9.17, 15) is 0 Å². The summed E-state index contributed by atoms with van der Waals surface area (Å²) < 4.78 is 22.5. The van der Waals surface area contributed by atoms with Crippen LogP contribution in [-0.2, 0) is 13.6 Å². The van der Waals surface area contributed by atoms with Crippen molar-refractivity contribution in [3.8, 4) is 0 Å².